The fraction of sp³-hybridized carbons (Fsp3) is 0. The van der Waals surface area contributed by atoms with E-state index in [2.05, 4.69) is 256 Å². The van der Waals surface area contributed by atoms with E-state index < -0.39 is 0 Å². The van der Waals surface area contributed by atoms with Gasteiger partial charge in [0.05, 0.1) is 70.8 Å². The van der Waals surface area contributed by atoms with Gasteiger partial charge in [-0.1, -0.05) is 0 Å². The molecule has 8 aromatic rings. The first-order chi connectivity index (χ1) is 25.4. The number of hydrogen-bond donors (Lipinski definition) is 4. The number of halogens is 4. The lowest BCUT2D eigenvalue weighted by atomic mass is 9.92. The number of aromatic amines is 4. The predicted molar refractivity (Wildman–Crippen MR) is 242 cm³/mol. The Balaban J connectivity index is 1.29. The molecule has 248 valence electrons. The summed E-state index contributed by atoms with van der Waals surface area (Å²) in [7, 11) is 0. The molecule has 0 atom stereocenters. The molecule has 0 fully saturated rings. The molecule has 4 aromatic heterocycles. The van der Waals surface area contributed by atoms with Crippen molar-refractivity contribution in [1.29, 1.82) is 0 Å². The normalized spacial score (nSPS) is 12.8. The molecule has 0 unspecified atom stereocenters. The Morgan fingerprint density at radius 1 is 0.231 bits per heavy atom. The van der Waals surface area contributed by atoms with Crippen LogP contribution in [0.1, 0.15) is 67.8 Å². The fourth-order valence-corrected chi connectivity index (χ4v) is 8.48. The van der Waals surface area contributed by atoms with Crippen LogP contribution in [0.25, 0.3) is 0 Å². The second-order valence-electron chi connectivity index (χ2n) is 12.7. The van der Waals surface area contributed by atoms with Gasteiger partial charge in [-0.3, -0.25) is 0 Å². The van der Waals surface area contributed by atoms with Crippen LogP contribution in [0.2, 0.25) is 0 Å². The highest BCUT2D eigenvalue weighted by Crippen LogP contribution is 2.40. The predicted octanol–water partition coefficient (Wildman–Crippen LogP) is 11.8. The first-order valence-corrected chi connectivity index (χ1v) is 21.0. The topological polar surface area (TPSA) is 63.2 Å². The van der Waals surface area contributed by atoms with Gasteiger partial charge in [0, 0.05) is 62.8 Å². The molecule has 9 rings (SSSR count). The summed E-state index contributed by atoms with van der Waals surface area (Å²) in [6, 6.07) is 52.7. The zero-order valence-corrected chi connectivity index (χ0v) is 36.0. The average Bonchev–Trinajstić information content (AvgIpc) is 3.99. The Hall–Kier alpha value is -3.60. The Kier molecular flexibility index (Phi) is 9.42. The molecule has 8 bridgehead atoms. The second kappa shape index (κ2) is 14.3. The maximum Gasteiger partial charge on any atom is 0.126 e. The fourth-order valence-electron chi connectivity index (χ4n) is 7.04. The Morgan fingerprint density at radius 3 is 0.538 bits per heavy atom. The number of nitrogens with one attached hydrogen (secondary N) is 4. The van der Waals surface area contributed by atoms with Gasteiger partial charge in [-0.25, -0.2) is 0 Å². The average molecular weight is 1120 g/mol. The highest BCUT2D eigenvalue weighted by Gasteiger charge is 2.37. The number of benzene rings is 4. The van der Waals surface area contributed by atoms with Crippen molar-refractivity contribution in [1.82, 2.24) is 19.9 Å². The molecule has 8 heteroatoms. The van der Waals surface area contributed by atoms with Crippen LogP contribution in [-0.2, 0) is 0 Å². The Bertz CT molecular complexity index is 2040. The molecule has 1 aliphatic heterocycles. The van der Waals surface area contributed by atoms with Gasteiger partial charge in [0.1, 0.15) is 69.2 Å². The largest absolute Gasteiger partial charge is 0.327 e. The van der Waals surface area contributed by atoms with Crippen molar-refractivity contribution in [3.8, 4) is 0 Å². The van der Waals surface area contributed by atoms with Crippen molar-refractivity contribution in [2.75, 3.05) is 0 Å². The van der Waals surface area contributed by atoms with E-state index in [1.54, 1.807) is 0 Å². The van der Waals surface area contributed by atoms with Crippen LogP contribution in [0.15, 0.2) is 146 Å². The Labute approximate surface area is 357 Å². The summed E-state index contributed by atoms with van der Waals surface area (Å²) in [6.07, 6.45) is 0. The molecule has 0 saturated carbocycles. The lowest BCUT2D eigenvalue weighted by Gasteiger charge is -2.13. The third-order valence-corrected chi connectivity index (χ3v) is 12.3. The molecule has 4 N–H and O–H groups in total. The van der Waals surface area contributed by atoms with Gasteiger partial charge in [-0.05, 0) is 139 Å². The van der Waals surface area contributed by atoms with Crippen molar-refractivity contribution in [3.05, 3.63) is 251 Å². The van der Waals surface area contributed by atoms with Crippen LogP contribution < -0.4 is 0 Å². The first-order valence-electron chi connectivity index (χ1n) is 16.7. The van der Waals surface area contributed by atoms with E-state index in [9.17, 15) is 0 Å². The zero-order chi connectivity index (χ0) is 35.3. The van der Waals surface area contributed by atoms with Crippen LogP contribution in [-0.4, -0.2) is 19.9 Å². The molecule has 52 heavy (non-hydrogen) atoms. The number of H-pyrrole nitrogens is 4. The van der Waals surface area contributed by atoms with Crippen molar-refractivity contribution in [2.24, 2.45) is 0 Å². The lowest BCUT2D eigenvalue weighted by Crippen LogP contribution is -2.12. The van der Waals surface area contributed by atoms with Crippen molar-refractivity contribution < 1.29 is 0 Å². The molecule has 0 spiro atoms. The number of fused-ring (bicyclic) bond motifs is 8. The summed E-state index contributed by atoms with van der Waals surface area (Å²) in [5, 5.41) is 0. The zero-order valence-electron chi connectivity index (χ0n) is 27.4. The lowest BCUT2D eigenvalue weighted by molar-refractivity contribution is 1.00. The molecule has 4 nitrogen and oxygen atoms in total. The molecule has 0 aliphatic carbocycles. The van der Waals surface area contributed by atoms with Crippen LogP contribution in [0.3, 0.4) is 0 Å². The molecule has 0 radical (unpaired) electrons. The molecule has 0 saturated heterocycles. The number of hydrogen-bond acceptors (Lipinski definition) is 0. The van der Waals surface area contributed by atoms with Crippen LogP contribution in [0.5, 0.6) is 0 Å². The van der Waals surface area contributed by atoms with Gasteiger partial charge >= 0.3 is 0 Å². The SMILES string of the molecule is Ic1ccc([C+]2c3ccc([nH]3)[C+](c3ccc(I)cc3)c3ccc([nH]3)[C+](c3ccc(I)cc3)c3ccc([nH]3)[C+](c3ccc(I)cc3)c3ccc2[nH]3)cc1. The third-order valence-electron chi connectivity index (χ3n) is 9.43. The summed E-state index contributed by atoms with van der Waals surface area (Å²) >= 11 is 9.50. The molecule has 0 amide bonds. The maximum atomic E-state index is 3.88. The van der Waals surface area contributed by atoms with Crippen molar-refractivity contribution in [3.63, 3.8) is 0 Å². The highest BCUT2D eigenvalue weighted by molar-refractivity contribution is 14.1. The van der Waals surface area contributed by atoms with Crippen LogP contribution >= 0.6 is 90.4 Å². The third kappa shape index (κ3) is 6.60. The second-order valence-corrected chi connectivity index (χ2v) is 17.7. The summed E-state index contributed by atoms with van der Waals surface area (Å²) in [5.41, 5.74) is 12.8. The minimum absolute atomic E-state index is 1.04. The van der Waals surface area contributed by atoms with E-state index in [0.29, 0.717) is 0 Å². The standard InChI is InChI=1S/C44H28I4N4/c45-29-9-1-25(2-10-29)41-33-17-19-35(49-33)42(26-3-11-30(46)12-4-26)37-21-23-39(51-37)44(28-7-15-32(48)16-8-28)40-24-22-38(52-40)43(36-20-18-34(41)50-36)27-5-13-31(47)14-6-27/h1-24,49-52H/q+4. The molecular weight excluding hydrogens is 1090 g/mol. The summed E-state index contributed by atoms with van der Waals surface area (Å²) < 4.78 is 4.80. The monoisotopic (exact) mass is 1120 g/mol. The van der Waals surface area contributed by atoms with E-state index in [-0.39, 0.29) is 0 Å². The summed E-state index contributed by atoms with van der Waals surface area (Å²) in [5.74, 6) is 4.44. The van der Waals surface area contributed by atoms with E-state index in [0.717, 1.165) is 91.5 Å². The van der Waals surface area contributed by atoms with Gasteiger partial charge < -0.3 is 19.9 Å². The Morgan fingerprint density at radius 2 is 0.385 bits per heavy atom. The van der Waals surface area contributed by atoms with Crippen LogP contribution in [0, 0.1) is 38.0 Å². The van der Waals surface area contributed by atoms with Crippen molar-refractivity contribution in [2.45, 2.75) is 0 Å². The first kappa shape index (κ1) is 34.2. The summed E-state index contributed by atoms with van der Waals surface area (Å²) in [4.78, 5) is 15.5. The maximum absolute atomic E-state index is 3.88. The van der Waals surface area contributed by atoms with Gasteiger partial charge in [0.15, 0.2) is 0 Å². The van der Waals surface area contributed by atoms with Crippen molar-refractivity contribution >= 4 is 90.4 Å². The molecule has 1 aliphatic rings. The minimum atomic E-state index is 1.04. The van der Waals surface area contributed by atoms with Gasteiger partial charge in [-0.2, -0.15) is 0 Å². The van der Waals surface area contributed by atoms with Crippen LogP contribution in [0.4, 0.5) is 0 Å². The van der Waals surface area contributed by atoms with Gasteiger partial charge in [0.2, 0.25) is 0 Å². The smallest absolute Gasteiger partial charge is 0.126 e. The van der Waals surface area contributed by atoms with E-state index in [4.69, 9.17) is 0 Å². The van der Waals surface area contributed by atoms with E-state index >= 15 is 0 Å². The van der Waals surface area contributed by atoms with E-state index in [1.807, 2.05) is 0 Å². The molecule has 5 heterocycles. The summed E-state index contributed by atoms with van der Waals surface area (Å²) in [6.45, 7) is 0. The highest BCUT2D eigenvalue weighted by atomic mass is 127. The number of rotatable bonds is 4. The number of aromatic nitrogens is 4. The van der Waals surface area contributed by atoms with Gasteiger partial charge in [0.25, 0.3) is 0 Å². The van der Waals surface area contributed by atoms with Gasteiger partial charge in [-0.15, -0.1) is 0 Å². The quantitative estimate of drug-likeness (QED) is 0.100. The molecule has 4 aromatic carbocycles. The molecular formula is C44H28I4N4+4. The van der Waals surface area contributed by atoms with E-state index in [1.165, 1.54) is 14.3 Å². The minimum Gasteiger partial charge on any atom is -0.327 e.